The number of nitrogens with two attached hydrogens (primary N) is 1. The van der Waals surface area contributed by atoms with Crippen LogP contribution in [0.3, 0.4) is 0 Å². The highest BCUT2D eigenvalue weighted by Crippen LogP contribution is 2.44. The zero-order valence-electron chi connectivity index (χ0n) is 14.2. The lowest BCUT2D eigenvalue weighted by Crippen LogP contribution is -2.63. The molecular weight excluding hydrogens is 278 g/mol. The molecule has 1 amide bonds. The second-order valence-corrected chi connectivity index (χ2v) is 6.73. The Labute approximate surface area is 132 Å². The van der Waals surface area contributed by atoms with Crippen molar-refractivity contribution in [2.24, 2.45) is 5.84 Å². The Kier molecular flexibility index (Phi) is 3.96. The molecule has 5 heteroatoms. The van der Waals surface area contributed by atoms with Gasteiger partial charge in [-0.15, -0.1) is 0 Å². The second-order valence-electron chi connectivity index (χ2n) is 6.73. The molecule has 22 heavy (non-hydrogen) atoms. The molecular formula is C17H25N3O2. The number of carbonyl (C=O) groups is 1. The molecule has 3 N–H and O–H groups in total. The number of nitrogens with one attached hydrogen (secondary N) is 1. The Morgan fingerprint density at radius 3 is 2.55 bits per heavy atom. The summed E-state index contributed by atoms with van der Waals surface area (Å²) in [5.41, 5.74) is 4.38. The molecule has 2 rings (SSSR count). The smallest absolute Gasteiger partial charge is 0.259 e. The van der Waals surface area contributed by atoms with Gasteiger partial charge in [0.15, 0.2) is 0 Å². The van der Waals surface area contributed by atoms with Crippen LogP contribution in [0.1, 0.15) is 40.2 Å². The maximum atomic E-state index is 12.3. The van der Waals surface area contributed by atoms with Gasteiger partial charge in [0.2, 0.25) is 0 Å². The van der Waals surface area contributed by atoms with E-state index in [9.17, 15) is 4.79 Å². The van der Waals surface area contributed by atoms with Gasteiger partial charge < -0.3 is 9.64 Å². The number of benzene rings is 1. The third-order valence-corrected chi connectivity index (χ3v) is 4.26. The van der Waals surface area contributed by atoms with E-state index in [0.29, 0.717) is 0 Å². The van der Waals surface area contributed by atoms with E-state index in [4.69, 9.17) is 10.6 Å². The summed E-state index contributed by atoms with van der Waals surface area (Å²) < 4.78 is 5.36. The summed E-state index contributed by atoms with van der Waals surface area (Å²) in [6, 6.07) is 5.93. The van der Waals surface area contributed by atoms with Gasteiger partial charge in [0.05, 0.1) is 12.6 Å². The highest BCUT2D eigenvalue weighted by molar-refractivity contribution is 5.93. The number of carbonyl (C=O) groups excluding carboxylic acids is 1. The minimum absolute atomic E-state index is 0.234. The standard InChI is InChI=1S/C17H25N3O2/c1-11-10-16(2,3)20(17(4,5)15(21)19-18)14-9-12(22-6)7-8-13(11)14/h7-10H,18H2,1-6H3,(H,19,21). The van der Waals surface area contributed by atoms with Crippen LogP contribution in [0, 0.1) is 0 Å². The average Bonchev–Trinajstić information content (AvgIpc) is 2.44. The topological polar surface area (TPSA) is 67.6 Å². The van der Waals surface area contributed by atoms with E-state index in [2.05, 4.69) is 37.2 Å². The number of anilines is 1. The fourth-order valence-electron chi connectivity index (χ4n) is 3.44. The number of hydrogen-bond donors (Lipinski definition) is 2. The number of hydrogen-bond acceptors (Lipinski definition) is 4. The van der Waals surface area contributed by atoms with Crippen molar-refractivity contribution in [1.29, 1.82) is 0 Å². The molecule has 0 unspecified atom stereocenters. The third kappa shape index (κ3) is 2.46. The van der Waals surface area contributed by atoms with E-state index in [1.165, 1.54) is 5.57 Å². The Hall–Kier alpha value is -2.01. The van der Waals surface area contributed by atoms with Crippen molar-refractivity contribution in [3.63, 3.8) is 0 Å². The van der Waals surface area contributed by atoms with Crippen molar-refractivity contribution in [2.75, 3.05) is 12.0 Å². The van der Waals surface area contributed by atoms with Crippen LogP contribution < -0.4 is 20.9 Å². The summed E-state index contributed by atoms with van der Waals surface area (Å²) in [7, 11) is 1.64. The van der Waals surface area contributed by atoms with Crippen LogP contribution in [0.2, 0.25) is 0 Å². The van der Waals surface area contributed by atoms with Gasteiger partial charge in [-0.2, -0.15) is 0 Å². The molecule has 120 valence electrons. The van der Waals surface area contributed by atoms with Crippen molar-refractivity contribution in [2.45, 2.75) is 45.7 Å². The molecule has 0 aromatic heterocycles. The molecule has 0 saturated heterocycles. The van der Waals surface area contributed by atoms with Crippen LogP contribution in [-0.4, -0.2) is 24.1 Å². The zero-order valence-corrected chi connectivity index (χ0v) is 14.2. The summed E-state index contributed by atoms with van der Waals surface area (Å²) in [6.07, 6.45) is 2.17. The second kappa shape index (κ2) is 5.32. The molecule has 1 heterocycles. The normalized spacial score (nSPS) is 16.7. The number of hydrazine groups is 1. The number of nitrogens with zero attached hydrogens (tertiary/aromatic N) is 1. The first-order valence-electron chi connectivity index (χ1n) is 7.34. The van der Waals surface area contributed by atoms with Gasteiger partial charge in [-0.25, -0.2) is 5.84 Å². The van der Waals surface area contributed by atoms with Crippen molar-refractivity contribution in [3.8, 4) is 5.75 Å². The fraction of sp³-hybridized carbons (Fsp3) is 0.471. The maximum absolute atomic E-state index is 12.3. The van der Waals surface area contributed by atoms with Crippen molar-refractivity contribution < 1.29 is 9.53 Å². The molecule has 1 aromatic rings. The third-order valence-electron chi connectivity index (χ3n) is 4.26. The number of ether oxygens (including phenoxy) is 1. The molecule has 0 bridgehead atoms. The van der Waals surface area contributed by atoms with Gasteiger partial charge in [-0.05, 0) is 52.3 Å². The van der Waals surface area contributed by atoms with Crippen LogP contribution in [0.4, 0.5) is 5.69 Å². The molecule has 0 spiro atoms. The van der Waals surface area contributed by atoms with Gasteiger partial charge in [0, 0.05) is 17.3 Å². The molecule has 1 aliphatic heterocycles. The van der Waals surface area contributed by atoms with Gasteiger partial charge >= 0.3 is 0 Å². The largest absolute Gasteiger partial charge is 0.497 e. The summed E-state index contributed by atoms with van der Waals surface area (Å²) in [5, 5.41) is 0. The number of rotatable bonds is 3. The quantitative estimate of drug-likeness (QED) is 0.511. The van der Waals surface area contributed by atoms with E-state index in [1.807, 2.05) is 32.0 Å². The van der Waals surface area contributed by atoms with E-state index < -0.39 is 5.54 Å². The van der Waals surface area contributed by atoms with Crippen molar-refractivity contribution in [3.05, 3.63) is 29.8 Å². The lowest BCUT2D eigenvalue weighted by molar-refractivity contribution is -0.125. The van der Waals surface area contributed by atoms with Gasteiger partial charge in [-0.1, -0.05) is 6.08 Å². The van der Waals surface area contributed by atoms with Crippen LogP contribution in [0.5, 0.6) is 5.75 Å². The van der Waals surface area contributed by atoms with Gasteiger partial charge in [0.25, 0.3) is 5.91 Å². The molecule has 0 aliphatic carbocycles. The average molecular weight is 303 g/mol. The Morgan fingerprint density at radius 1 is 1.36 bits per heavy atom. The fourth-order valence-corrected chi connectivity index (χ4v) is 3.44. The SMILES string of the molecule is COc1ccc2c(c1)N(C(C)(C)C(=O)NN)C(C)(C)C=C2C. The monoisotopic (exact) mass is 303 g/mol. The maximum Gasteiger partial charge on any atom is 0.259 e. The summed E-state index contributed by atoms with van der Waals surface area (Å²) >= 11 is 0. The number of allylic oxidation sites excluding steroid dienone is 1. The molecule has 0 fully saturated rings. The van der Waals surface area contributed by atoms with E-state index in [-0.39, 0.29) is 11.4 Å². The van der Waals surface area contributed by atoms with Crippen LogP contribution in [0.25, 0.3) is 5.57 Å². The zero-order chi connectivity index (χ0) is 16.7. The van der Waals surface area contributed by atoms with Gasteiger partial charge in [-0.3, -0.25) is 10.2 Å². The lowest BCUT2D eigenvalue weighted by Gasteiger charge is -2.51. The highest BCUT2D eigenvalue weighted by Gasteiger charge is 2.44. The first kappa shape index (κ1) is 16.4. The van der Waals surface area contributed by atoms with Crippen LogP contribution >= 0.6 is 0 Å². The highest BCUT2D eigenvalue weighted by atomic mass is 16.5. The summed E-state index contributed by atoms with van der Waals surface area (Å²) in [5.74, 6) is 5.92. The van der Waals surface area contributed by atoms with Crippen LogP contribution in [0.15, 0.2) is 24.3 Å². The van der Waals surface area contributed by atoms with Crippen LogP contribution in [-0.2, 0) is 4.79 Å². The Bertz CT molecular complexity index is 633. The molecule has 1 aliphatic rings. The summed E-state index contributed by atoms with van der Waals surface area (Å²) in [6.45, 7) is 10.00. The predicted octanol–water partition coefficient (Wildman–Crippen LogP) is 2.47. The molecule has 0 saturated carbocycles. The predicted molar refractivity (Wildman–Crippen MR) is 89.6 cm³/mol. The van der Waals surface area contributed by atoms with Crippen molar-refractivity contribution >= 4 is 17.2 Å². The number of methoxy groups -OCH3 is 1. The summed E-state index contributed by atoms with van der Waals surface area (Å²) in [4.78, 5) is 14.4. The molecule has 5 nitrogen and oxygen atoms in total. The van der Waals surface area contributed by atoms with Crippen molar-refractivity contribution in [1.82, 2.24) is 5.43 Å². The number of amides is 1. The van der Waals surface area contributed by atoms with Gasteiger partial charge in [0.1, 0.15) is 11.3 Å². The number of fused-ring (bicyclic) bond motifs is 1. The Balaban J connectivity index is 2.70. The minimum atomic E-state index is -0.809. The van der Waals surface area contributed by atoms with E-state index in [0.717, 1.165) is 17.0 Å². The van der Waals surface area contributed by atoms with E-state index >= 15 is 0 Å². The molecule has 0 atom stereocenters. The molecule has 1 aromatic carbocycles. The first-order chi connectivity index (χ1) is 10.1. The lowest BCUT2D eigenvalue weighted by atomic mass is 9.83. The molecule has 0 radical (unpaired) electrons. The minimum Gasteiger partial charge on any atom is -0.497 e. The van der Waals surface area contributed by atoms with E-state index in [1.54, 1.807) is 7.11 Å². The first-order valence-corrected chi connectivity index (χ1v) is 7.34. The Morgan fingerprint density at radius 2 is 2.00 bits per heavy atom.